The Morgan fingerprint density at radius 2 is 2.13 bits per heavy atom. The molecule has 0 radical (unpaired) electrons. The first-order chi connectivity index (χ1) is 14.5. The second-order valence-corrected chi connectivity index (χ2v) is 8.14. The van der Waals surface area contributed by atoms with Crippen LogP contribution in [0.15, 0.2) is 35.7 Å². The van der Waals surface area contributed by atoms with Crippen LogP contribution in [0.4, 0.5) is 0 Å². The van der Waals surface area contributed by atoms with Gasteiger partial charge in [-0.25, -0.2) is 0 Å². The molecule has 9 heteroatoms. The van der Waals surface area contributed by atoms with Gasteiger partial charge in [0.1, 0.15) is 0 Å². The van der Waals surface area contributed by atoms with Gasteiger partial charge in [-0.15, -0.1) is 11.3 Å². The van der Waals surface area contributed by atoms with E-state index >= 15 is 0 Å². The number of esters is 1. The second kappa shape index (κ2) is 8.66. The fraction of sp³-hybridized carbons (Fsp3) is 0.333. The molecule has 1 unspecified atom stereocenters. The number of aromatic nitrogens is 2. The van der Waals surface area contributed by atoms with Crippen molar-refractivity contribution in [2.45, 2.75) is 32.4 Å². The van der Waals surface area contributed by atoms with Crippen molar-refractivity contribution < 1.29 is 19.1 Å². The van der Waals surface area contributed by atoms with Gasteiger partial charge in [-0.2, -0.15) is 5.10 Å². The number of amides is 2. The summed E-state index contributed by atoms with van der Waals surface area (Å²) < 4.78 is 5.28. The van der Waals surface area contributed by atoms with Gasteiger partial charge in [0.15, 0.2) is 11.8 Å². The molecule has 0 spiro atoms. The molecule has 0 saturated heterocycles. The second-order valence-electron chi connectivity index (χ2n) is 7.13. The van der Waals surface area contributed by atoms with Gasteiger partial charge in [-0.05, 0) is 36.4 Å². The van der Waals surface area contributed by atoms with Crippen LogP contribution in [-0.4, -0.2) is 52.1 Å². The molecule has 2 amide bonds. The van der Waals surface area contributed by atoms with Crippen molar-refractivity contribution in [3.8, 4) is 0 Å². The molecule has 8 nitrogen and oxygen atoms in total. The average Bonchev–Trinajstić information content (AvgIpc) is 3.39. The van der Waals surface area contributed by atoms with E-state index in [1.165, 1.54) is 4.88 Å². The fourth-order valence-electron chi connectivity index (χ4n) is 3.50. The maximum Gasteiger partial charge on any atom is 0.308 e. The summed E-state index contributed by atoms with van der Waals surface area (Å²) in [6.07, 6.45) is -0.0584. The Hall–Kier alpha value is -3.20. The highest BCUT2D eigenvalue weighted by atomic mass is 32.1. The number of thiophene rings is 1. The molecule has 1 aliphatic rings. The third-order valence-corrected chi connectivity index (χ3v) is 6.10. The summed E-state index contributed by atoms with van der Waals surface area (Å²) in [5, 5.41) is 12.2. The number of carbonyl (C=O) groups is 3. The predicted molar refractivity (Wildman–Crippen MR) is 112 cm³/mol. The minimum atomic E-state index is -0.858. The number of aromatic amines is 1. The quantitative estimate of drug-likeness (QED) is 0.589. The monoisotopic (exact) mass is 426 g/mol. The highest BCUT2D eigenvalue weighted by Crippen LogP contribution is 2.24. The van der Waals surface area contributed by atoms with Crippen LogP contribution in [0.1, 0.15) is 34.3 Å². The van der Waals surface area contributed by atoms with E-state index in [9.17, 15) is 14.4 Å². The molecule has 0 saturated carbocycles. The van der Waals surface area contributed by atoms with Gasteiger partial charge in [0.05, 0.1) is 11.9 Å². The Morgan fingerprint density at radius 1 is 1.30 bits per heavy atom. The molecule has 3 aromatic rings. The van der Waals surface area contributed by atoms with E-state index in [1.54, 1.807) is 29.2 Å². The number of H-pyrrole nitrogens is 1. The Morgan fingerprint density at radius 3 is 3.00 bits per heavy atom. The van der Waals surface area contributed by atoms with E-state index in [2.05, 4.69) is 15.5 Å². The summed E-state index contributed by atoms with van der Waals surface area (Å²) in [5.41, 5.74) is 2.20. The lowest BCUT2D eigenvalue weighted by molar-refractivity contribution is -0.159. The largest absolute Gasteiger partial charge is 0.452 e. The van der Waals surface area contributed by atoms with E-state index < -0.39 is 12.1 Å². The first kappa shape index (κ1) is 20.1. The Bertz CT molecular complexity index is 1090. The zero-order valence-corrected chi connectivity index (χ0v) is 17.3. The van der Waals surface area contributed by atoms with Crippen LogP contribution in [0.3, 0.4) is 0 Å². The van der Waals surface area contributed by atoms with E-state index in [0.29, 0.717) is 18.5 Å². The Labute approximate surface area is 177 Å². The van der Waals surface area contributed by atoms with E-state index in [-0.39, 0.29) is 30.5 Å². The summed E-state index contributed by atoms with van der Waals surface area (Å²) in [6, 6.07) is 9.34. The van der Waals surface area contributed by atoms with Crippen molar-refractivity contribution in [1.82, 2.24) is 20.4 Å². The molecule has 0 aliphatic carbocycles. The molecule has 0 fully saturated rings. The maximum atomic E-state index is 12.6. The number of benzene rings is 1. The van der Waals surface area contributed by atoms with Crippen molar-refractivity contribution in [3.63, 3.8) is 0 Å². The lowest BCUT2D eigenvalue weighted by atomic mass is 10.1. The summed E-state index contributed by atoms with van der Waals surface area (Å²) in [4.78, 5) is 40.1. The van der Waals surface area contributed by atoms with Gasteiger partial charge in [0.2, 0.25) is 0 Å². The van der Waals surface area contributed by atoms with Crippen LogP contribution in [0.2, 0.25) is 0 Å². The van der Waals surface area contributed by atoms with E-state index in [4.69, 9.17) is 4.74 Å². The normalized spacial score (nSPS) is 14.2. The minimum Gasteiger partial charge on any atom is -0.452 e. The lowest BCUT2D eigenvalue weighted by Gasteiger charge is -2.29. The SMILES string of the molecule is CC(OC(=O)CCNC(=O)c1n[nH]c2ccccc12)C(=O)N1CCc2sccc2C1. The van der Waals surface area contributed by atoms with Crippen molar-refractivity contribution in [2.24, 2.45) is 0 Å². The summed E-state index contributed by atoms with van der Waals surface area (Å²) in [6.45, 7) is 2.86. The van der Waals surface area contributed by atoms with Crippen molar-refractivity contribution in [3.05, 3.63) is 51.8 Å². The standard InChI is InChI=1S/C21H22N4O4S/c1-13(21(28)25-10-7-17-14(12-25)8-11-30-17)29-18(26)6-9-22-20(27)19-15-4-2-3-5-16(15)23-24-19/h2-5,8,11,13H,6-7,9-10,12H2,1H3,(H,22,27)(H,23,24). The number of rotatable bonds is 6. The molecule has 4 rings (SSSR count). The van der Waals surface area contributed by atoms with Crippen LogP contribution in [-0.2, 0) is 27.3 Å². The van der Waals surface area contributed by atoms with Crippen molar-refractivity contribution >= 4 is 40.0 Å². The third kappa shape index (κ3) is 4.20. The minimum absolute atomic E-state index is 0.0274. The summed E-state index contributed by atoms with van der Waals surface area (Å²) in [5.74, 6) is -1.10. The average molecular weight is 426 g/mol. The number of nitrogens with zero attached hydrogens (tertiary/aromatic N) is 2. The van der Waals surface area contributed by atoms with Gasteiger partial charge in [0, 0.05) is 29.9 Å². The molecule has 30 heavy (non-hydrogen) atoms. The summed E-state index contributed by atoms with van der Waals surface area (Å²) >= 11 is 1.70. The number of fused-ring (bicyclic) bond motifs is 2. The number of hydrogen-bond acceptors (Lipinski definition) is 6. The Balaban J connectivity index is 1.23. The topological polar surface area (TPSA) is 104 Å². The van der Waals surface area contributed by atoms with E-state index in [1.807, 2.05) is 29.6 Å². The molecule has 156 valence electrons. The molecule has 0 bridgehead atoms. The first-order valence-corrected chi connectivity index (χ1v) is 10.7. The molecule has 3 heterocycles. The number of ether oxygens (including phenoxy) is 1. The Kier molecular flexibility index (Phi) is 5.80. The van der Waals surface area contributed by atoms with Gasteiger partial charge in [-0.1, -0.05) is 18.2 Å². The van der Waals surface area contributed by atoms with Crippen LogP contribution in [0, 0.1) is 0 Å². The number of para-hydroxylation sites is 1. The van der Waals surface area contributed by atoms with Crippen molar-refractivity contribution in [1.29, 1.82) is 0 Å². The van der Waals surface area contributed by atoms with Crippen LogP contribution in [0.5, 0.6) is 0 Å². The van der Waals surface area contributed by atoms with Crippen LogP contribution >= 0.6 is 11.3 Å². The molecule has 2 aromatic heterocycles. The number of hydrogen-bond donors (Lipinski definition) is 2. The predicted octanol–water partition coefficient (Wildman–Crippen LogP) is 2.26. The number of nitrogens with one attached hydrogen (secondary N) is 2. The first-order valence-electron chi connectivity index (χ1n) is 9.77. The van der Waals surface area contributed by atoms with Crippen molar-refractivity contribution in [2.75, 3.05) is 13.1 Å². The van der Waals surface area contributed by atoms with Crippen LogP contribution in [0.25, 0.3) is 10.9 Å². The fourth-order valence-corrected chi connectivity index (χ4v) is 4.39. The highest BCUT2D eigenvalue weighted by Gasteiger charge is 2.27. The molecular formula is C21H22N4O4S. The zero-order chi connectivity index (χ0) is 21.1. The summed E-state index contributed by atoms with van der Waals surface area (Å²) in [7, 11) is 0. The highest BCUT2D eigenvalue weighted by molar-refractivity contribution is 7.10. The van der Waals surface area contributed by atoms with E-state index in [0.717, 1.165) is 17.5 Å². The van der Waals surface area contributed by atoms with Gasteiger partial charge >= 0.3 is 5.97 Å². The molecule has 1 aliphatic heterocycles. The van der Waals surface area contributed by atoms with Gasteiger partial charge in [0.25, 0.3) is 11.8 Å². The molecule has 2 N–H and O–H groups in total. The molecular weight excluding hydrogens is 404 g/mol. The van der Waals surface area contributed by atoms with Gasteiger partial charge in [-0.3, -0.25) is 19.5 Å². The van der Waals surface area contributed by atoms with Crippen LogP contribution < -0.4 is 5.32 Å². The third-order valence-electron chi connectivity index (χ3n) is 5.08. The zero-order valence-electron chi connectivity index (χ0n) is 16.5. The maximum absolute atomic E-state index is 12.6. The van der Waals surface area contributed by atoms with Gasteiger partial charge < -0.3 is 15.0 Å². The molecule has 1 aromatic carbocycles. The smallest absolute Gasteiger partial charge is 0.308 e. The number of carbonyl (C=O) groups excluding carboxylic acids is 3. The lowest BCUT2D eigenvalue weighted by Crippen LogP contribution is -2.42. The molecule has 1 atom stereocenters.